The summed E-state index contributed by atoms with van der Waals surface area (Å²) in [5, 5.41) is 0.939. The average Bonchev–Trinajstić information content (AvgIpc) is 3.52. The van der Waals surface area contributed by atoms with Crippen LogP contribution in [0.25, 0.3) is 33.6 Å². The summed E-state index contributed by atoms with van der Waals surface area (Å²) in [5.41, 5.74) is 4.02. The lowest BCUT2D eigenvalue weighted by Gasteiger charge is -2.20. The van der Waals surface area contributed by atoms with E-state index in [4.69, 9.17) is 23.6 Å². The van der Waals surface area contributed by atoms with Crippen LogP contribution in [0.4, 0.5) is 0 Å². The fourth-order valence-electron chi connectivity index (χ4n) is 5.17. The molecule has 38 heavy (non-hydrogen) atoms. The minimum atomic E-state index is -0.512. The van der Waals surface area contributed by atoms with Gasteiger partial charge in [-0.05, 0) is 70.1 Å². The predicted molar refractivity (Wildman–Crippen MR) is 146 cm³/mol. The van der Waals surface area contributed by atoms with E-state index in [1.807, 2.05) is 75.4 Å². The largest absolute Gasteiger partial charge is 0.497 e. The first-order chi connectivity index (χ1) is 18.3. The molecule has 198 valence electrons. The highest BCUT2D eigenvalue weighted by Gasteiger charge is 2.29. The van der Waals surface area contributed by atoms with Crippen LogP contribution in [0, 0.1) is 5.92 Å². The molecule has 5 rings (SSSR count). The number of nitrogens with zero attached hydrogens (tertiary/aromatic N) is 2. The summed E-state index contributed by atoms with van der Waals surface area (Å²) < 4.78 is 23.0. The highest BCUT2D eigenvalue weighted by Crippen LogP contribution is 2.42. The number of furan rings is 1. The van der Waals surface area contributed by atoms with Crippen molar-refractivity contribution >= 4 is 17.1 Å². The molecule has 0 saturated heterocycles. The van der Waals surface area contributed by atoms with Crippen LogP contribution in [0.2, 0.25) is 0 Å². The number of hydrogen-bond donors (Lipinski definition) is 0. The Bertz CT molecular complexity index is 1390. The second kappa shape index (κ2) is 11.0. The Labute approximate surface area is 223 Å². The first-order valence-electron chi connectivity index (χ1n) is 13.1. The van der Waals surface area contributed by atoms with Gasteiger partial charge in [-0.3, -0.25) is 0 Å². The molecule has 0 unspecified atom stereocenters. The van der Waals surface area contributed by atoms with E-state index in [0.29, 0.717) is 11.6 Å². The minimum Gasteiger partial charge on any atom is -0.497 e. The second-order valence-electron chi connectivity index (χ2n) is 10.8. The van der Waals surface area contributed by atoms with E-state index in [2.05, 4.69) is 4.98 Å². The average molecular weight is 515 g/mol. The smallest absolute Gasteiger partial charge is 0.332 e. The molecular weight excluding hydrogens is 480 g/mol. The normalized spacial score (nSPS) is 17.6. The summed E-state index contributed by atoms with van der Waals surface area (Å²) in [4.78, 5) is 21.3. The standard InChI is InChI=1S/C31H34N2O5/c1-31(2,3)38-26(34)18-36-24-13-10-20(16-24)17-25-28-27(21-11-14-23(35-4)15-12-21)29(22-8-6-5-7-9-22)37-30(28)33-19-32-25/h5-9,11-12,14-15,19-20,24H,10,13,16-18H2,1-4H3/t20-,24+/m1/s1. The fourth-order valence-corrected chi connectivity index (χ4v) is 5.17. The molecule has 2 heterocycles. The van der Waals surface area contributed by atoms with Crippen LogP contribution >= 0.6 is 0 Å². The van der Waals surface area contributed by atoms with Crippen molar-refractivity contribution in [1.82, 2.24) is 9.97 Å². The van der Waals surface area contributed by atoms with Gasteiger partial charge in [-0.15, -0.1) is 0 Å². The van der Waals surface area contributed by atoms with E-state index in [-0.39, 0.29) is 18.7 Å². The number of esters is 1. The maximum atomic E-state index is 12.1. The second-order valence-corrected chi connectivity index (χ2v) is 10.8. The number of benzene rings is 2. The van der Waals surface area contributed by atoms with Gasteiger partial charge in [0.2, 0.25) is 5.71 Å². The molecule has 1 aliphatic rings. The summed E-state index contributed by atoms with van der Waals surface area (Å²) in [6, 6.07) is 18.1. The molecule has 1 fully saturated rings. The molecule has 0 amide bonds. The topological polar surface area (TPSA) is 83.7 Å². The van der Waals surface area contributed by atoms with Gasteiger partial charge >= 0.3 is 5.97 Å². The van der Waals surface area contributed by atoms with E-state index < -0.39 is 5.60 Å². The van der Waals surface area contributed by atoms with Crippen LogP contribution in [0.1, 0.15) is 45.7 Å². The summed E-state index contributed by atoms with van der Waals surface area (Å²) >= 11 is 0. The first-order valence-corrected chi connectivity index (χ1v) is 13.1. The number of carbonyl (C=O) groups excluding carboxylic acids is 1. The molecule has 7 heteroatoms. The molecule has 0 aliphatic heterocycles. The summed E-state index contributed by atoms with van der Waals surface area (Å²) in [7, 11) is 1.66. The van der Waals surface area contributed by atoms with Crippen LogP contribution in [-0.2, 0) is 20.7 Å². The van der Waals surface area contributed by atoms with Crippen molar-refractivity contribution in [3.05, 3.63) is 66.6 Å². The molecule has 0 bridgehead atoms. The van der Waals surface area contributed by atoms with E-state index >= 15 is 0 Å². The molecule has 1 aliphatic carbocycles. The van der Waals surface area contributed by atoms with Crippen LogP contribution in [0.3, 0.4) is 0 Å². The lowest BCUT2D eigenvalue weighted by atomic mass is 9.94. The van der Waals surface area contributed by atoms with E-state index in [0.717, 1.165) is 65.0 Å². The van der Waals surface area contributed by atoms with Gasteiger partial charge in [0.15, 0.2) is 0 Å². The van der Waals surface area contributed by atoms with Crippen molar-refractivity contribution in [3.8, 4) is 28.2 Å². The molecule has 1 saturated carbocycles. The van der Waals surface area contributed by atoms with Crippen molar-refractivity contribution < 1.29 is 23.4 Å². The monoisotopic (exact) mass is 514 g/mol. The molecule has 0 radical (unpaired) electrons. The number of methoxy groups -OCH3 is 1. The molecule has 4 aromatic rings. The van der Waals surface area contributed by atoms with Gasteiger partial charge < -0.3 is 18.6 Å². The number of hydrogen-bond acceptors (Lipinski definition) is 7. The van der Waals surface area contributed by atoms with Gasteiger partial charge in [0.05, 0.1) is 24.3 Å². The zero-order valence-corrected chi connectivity index (χ0v) is 22.4. The van der Waals surface area contributed by atoms with Crippen molar-refractivity contribution in [2.24, 2.45) is 5.92 Å². The molecule has 2 aromatic heterocycles. The fraction of sp³-hybridized carbons (Fsp3) is 0.387. The van der Waals surface area contributed by atoms with Gasteiger partial charge in [-0.1, -0.05) is 42.5 Å². The van der Waals surface area contributed by atoms with Crippen molar-refractivity contribution in [2.75, 3.05) is 13.7 Å². The van der Waals surface area contributed by atoms with Gasteiger partial charge in [0.25, 0.3) is 0 Å². The van der Waals surface area contributed by atoms with Crippen molar-refractivity contribution in [3.63, 3.8) is 0 Å². The molecule has 0 N–H and O–H groups in total. The third kappa shape index (κ3) is 5.89. The van der Waals surface area contributed by atoms with Gasteiger partial charge in [0, 0.05) is 11.1 Å². The molecule has 2 aromatic carbocycles. The zero-order chi connectivity index (χ0) is 26.7. The highest BCUT2D eigenvalue weighted by atomic mass is 16.6. The molecule has 2 atom stereocenters. The Morgan fingerprint density at radius 2 is 1.76 bits per heavy atom. The molecule has 0 spiro atoms. The number of fused-ring (bicyclic) bond motifs is 1. The summed E-state index contributed by atoms with van der Waals surface area (Å²) in [5.74, 6) is 1.63. The third-order valence-corrected chi connectivity index (χ3v) is 6.81. The Kier molecular flexibility index (Phi) is 7.47. The third-order valence-electron chi connectivity index (χ3n) is 6.81. The number of rotatable bonds is 8. The number of aromatic nitrogens is 2. The first kappa shape index (κ1) is 25.9. The Morgan fingerprint density at radius 3 is 2.47 bits per heavy atom. The Balaban J connectivity index is 1.42. The quantitative estimate of drug-likeness (QED) is 0.244. The highest BCUT2D eigenvalue weighted by molar-refractivity contribution is 6.01. The minimum absolute atomic E-state index is 0.0177. The zero-order valence-electron chi connectivity index (χ0n) is 22.4. The Morgan fingerprint density at radius 1 is 1.00 bits per heavy atom. The lowest BCUT2D eigenvalue weighted by molar-refractivity contribution is -0.162. The van der Waals surface area contributed by atoms with Crippen LogP contribution < -0.4 is 4.74 Å². The van der Waals surface area contributed by atoms with Crippen molar-refractivity contribution in [2.45, 2.75) is 58.2 Å². The predicted octanol–water partition coefficient (Wildman–Crippen LogP) is 6.63. The number of carbonyl (C=O) groups is 1. The SMILES string of the molecule is COc1ccc(-c2c(-c3ccccc3)oc3ncnc(C[C@@H]4CC[C@H](OCC(=O)OC(C)(C)C)C4)c23)cc1. The van der Waals surface area contributed by atoms with Crippen molar-refractivity contribution in [1.29, 1.82) is 0 Å². The summed E-state index contributed by atoms with van der Waals surface area (Å²) in [6.07, 6.45) is 5.19. The molecular formula is C31H34N2O5. The Hall–Kier alpha value is -3.71. The lowest BCUT2D eigenvalue weighted by Crippen LogP contribution is -2.27. The van der Waals surface area contributed by atoms with Crippen LogP contribution in [-0.4, -0.2) is 41.4 Å². The van der Waals surface area contributed by atoms with Gasteiger partial charge in [-0.2, -0.15) is 0 Å². The summed E-state index contributed by atoms with van der Waals surface area (Å²) in [6.45, 7) is 5.56. The van der Waals surface area contributed by atoms with Gasteiger partial charge in [-0.25, -0.2) is 14.8 Å². The van der Waals surface area contributed by atoms with Gasteiger partial charge in [0.1, 0.15) is 30.0 Å². The van der Waals surface area contributed by atoms with Crippen LogP contribution in [0.15, 0.2) is 65.3 Å². The van der Waals surface area contributed by atoms with E-state index in [1.54, 1.807) is 13.4 Å². The maximum Gasteiger partial charge on any atom is 0.332 e. The van der Waals surface area contributed by atoms with E-state index in [9.17, 15) is 4.79 Å². The van der Waals surface area contributed by atoms with Crippen LogP contribution in [0.5, 0.6) is 5.75 Å². The molecule has 7 nitrogen and oxygen atoms in total. The van der Waals surface area contributed by atoms with E-state index in [1.165, 1.54) is 0 Å². The number of ether oxygens (including phenoxy) is 3. The maximum absolute atomic E-state index is 12.1.